The van der Waals surface area contributed by atoms with Gasteiger partial charge >= 0.3 is 0 Å². The third-order valence-electron chi connectivity index (χ3n) is 4.26. The van der Waals surface area contributed by atoms with Crippen molar-refractivity contribution in [2.75, 3.05) is 5.75 Å². The fourth-order valence-corrected chi connectivity index (χ4v) is 4.12. The van der Waals surface area contributed by atoms with Gasteiger partial charge in [0, 0.05) is 23.6 Å². The summed E-state index contributed by atoms with van der Waals surface area (Å²) in [4.78, 5) is 0. The zero-order valence-electron chi connectivity index (χ0n) is 12.8. The van der Waals surface area contributed by atoms with Crippen LogP contribution >= 0.6 is 11.8 Å². The van der Waals surface area contributed by atoms with E-state index in [1.165, 1.54) is 28.0 Å². The molecule has 2 aromatic carbocycles. The quantitative estimate of drug-likeness (QED) is 0.850. The van der Waals surface area contributed by atoms with Gasteiger partial charge in [-0.15, -0.1) is 0 Å². The first kappa shape index (κ1) is 14.7. The number of hydrogen-bond donors (Lipinski definition) is 1. The number of fused-ring (bicyclic) bond motifs is 1. The first-order chi connectivity index (χ1) is 10.3. The molecule has 1 aliphatic rings. The molecule has 2 atom stereocenters. The molecule has 0 amide bonds. The number of thioether (sulfide) groups is 1. The number of hydrogen-bond acceptors (Lipinski definition) is 2. The van der Waals surface area contributed by atoms with Crippen LogP contribution in [0.3, 0.4) is 0 Å². The molecule has 1 aliphatic heterocycles. The highest BCUT2D eigenvalue weighted by Gasteiger charge is 2.22. The van der Waals surface area contributed by atoms with Gasteiger partial charge in [0.1, 0.15) is 0 Å². The second-order valence-corrected chi connectivity index (χ2v) is 6.83. The molecule has 2 heteroatoms. The van der Waals surface area contributed by atoms with Crippen LogP contribution in [0.2, 0.25) is 0 Å². The lowest BCUT2D eigenvalue weighted by atomic mass is 9.98. The van der Waals surface area contributed by atoms with E-state index in [2.05, 4.69) is 67.7 Å². The van der Waals surface area contributed by atoms with Gasteiger partial charge in [-0.25, -0.2) is 0 Å². The minimum Gasteiger partial charge on any atom is -0.302 e. The summed E-state index contributed by atoms with van der Waals surface area (Å²) < 4.78 is 0. The van der Waals surface area contributed by atoms with E-state index in [-0.39, 0.29) is 0 Å². The molecule has 0 bridgehead atoms. The van der Waals surface area contributed by atoms with Crippen molar-refractivity contribution in [1.29, 1.82) is 0 Å². The van der Waals surface area contributed by atoms with Crippen LogP contribution in [0.4, 0.5) is 0 Å². The molecule has 0 fully saturated rings. The zero-order valence-corrected chi connectivity index (χ0v) is 13.6. The molecule has 0 aliphatic carbocycles. The van der Waals surface area contributed by atoms with E-state index in [0.29, 0.717) is 12.1 Å². The largest absolute Gasteiger partial charge is 0.302 e. The monoisotopic (exact) mass is 297 g/mol. The lowest BCUT2D eigenvalue weighted by Gasteiger charge is -2.30. The Labute approximate surface area is 132 Å². The maximum absolute atomic E-state index is 3.88. The van der Waals surface area contributed by atoms with Gasteiger partial charge in [-0.2, -0.15) is 11.8 Å². The maximum Gasteiger partial charge on any atom is 0.0419 e. The molecule has 1 nitrogen and oxygen atoms in total. The third-order valence-corrected chi connectivity index (χ3v) is 5.35. The highest BCUT2D eigenvalue weighted by molar-refractivity contribution is 7.98. The first-order valence-electron chi connectivity index (χ1n) is 7.76. The predicted molar refractivity (Wildman–Crippen MR) is 92.7 cm³/mol. The van der Waals surface area contributed by atoms with Crippen LogP contribution in [0, 0.1) is 6.92 Å². The molecular formula is C19H23NS. The first-order valence-corrected chi connectivity index (χ1v) is 8.91. The smallest absolute Gasteiger partial charge is 0.0419 e. The summed E-state index contributed by atoms with van der Waals surface area (Å²) in [6.45, 7) is 4.41. The van der Waals surface area contributed by atoms with Crippen molar-refractivity contribution in [2.45, 2.75) is 38.1 Å². The lowest BCUT2D eigenvalue weighted by molar-refractivity contribution is 0.457. The molecule has 0 saturated carbocycles. The fourth-order valence-electron chi connectivity index (χ4n) is 3.01. The van der Waals surface area contributed by atoms with Crippen molar-refractivity contribution in [3.63, 3.8) is 0 Å². The second-order valence-electron chi connectivity index (χ2n) is 5.80. The molecule has 110 valence electrons. The number of rotatable bonds is 4. The minimum absolute atomic E-state index is 0.433. The van der Waals surface area contributed by atoms with Gasteiger partial charge in [-0.3, -0.25) is 0 Å². The average Bonchev–Trinajstić information content (AvgIpc) is 2.54. The number of aryl methyl sites for hydroxylation is 1. The third kappa shape index (κ3) is 3.33. The van der Waals surface area contributed by atoms with Crippen molar-refractivity contribution < 1.29 is 0 Å². The van der Waals surface area contributed by atoms with E-state index in [0.717, 1.165) is 12.2 Å². The normalized spacial score (nSPS) is 19.0. The van der Waals surface area contributed by atoms with Gasteiger partial charge < -0.3 is 5.32 Å². The summed E-state index contributed by atoms with van der Waals surface area (Å²) in [7, 11) is 0. The molecule has 2 aromatic rings. The van der Waals surface area contributed by atoms with E-state index < -0.39 is 0 Å². The summed E-state index contributed by atoms with van der Waals surface area (Å²) in [5.41, 5.74) is 5.70. The van der Waals surface area contributed by atoms with Crippen molar-refractivity contribution in [3.8, 4) is 0 Å². The van der Waals surface area contributed by atoms with Crippen molar-refractivity contribution in [1.82, 2.24) is 5.32 Å². The summed E-state index contributed by atoms with van der Waals surface area (Å²) in [5.74, 6) is 2.31. The Morgan fingerprint density at radius 2 is 1.90 bits per heavy atom. The summed E-state index contributed by atoms with van der Waals surface area (Å²) >= 11 is 2.03. The van der Waals surface area contributed by atoms with Gasteiger partial charge in [0.05, 0.1) is 0 Å². The van der Waals surface area contributed by atoms with Crippen LogP contribution in [-0.4, -0.2) is 5.75 Å². The number of nitrogens with one attached hydrogen (secondary N) is 1. The Morgan fingerprint density at radius 3 is 2.67 bits per heavy atom. The van der Waals surface area contributed by atoms with E-state index >= 15 is 0 Å². The van der Waals surface area contributed by atoms with Crippen LogP contribution in [0.1, 0.15) is 47.7 Å². The van der Waals surface area contributed by atoms with Crippen molar-refractivity contribution in [3.05, 3.63) is 70.8 Å². The van der Waals surface area contributed by atoms with Crippen LogP contribution in [0.5, 0.6) is 0 Å². The van der Waals surface area contributed by atoms with Crippen LogP contribution in [0.15, 0.2) is 48.5 Å². The Balaban J connectivity index is 1.80. The Morgan fingerprint density at radius 1 is 1.14 bits per heavy atom. The van der Waals surface area contributed by atoms with Gasteiger partial charge in [0.25, 0.3) is 0 Å². The van der Waals surface area contributed by atoms with Gasteiger partial charge in [-0.1, -0.05) is 61.0 Å². The van der Waals surface area contributed by atoms with E-state index in [1.807, 2.05) is 11.8 Å². The molecule has 0 radical (unpaired) electrons. The van der Waals surface area contributed by atoms with Gasteiger partial charge in [-0.05, 0) is 30.0 Å². The van der Waals surface area contributed by atoms with E-state index in [9.17, 15) is 0 Å². The van der Waals surface area contributed by atoms with Crippen LogP contribution in [-0.2, 0) is 5.75 Å². The maximum atomic E-state index is 3.88. The fraction of sp³-hybridized carbons (Fsp3) is 0.368. The predicted octanol–water partition coefficient (Wildman–Crippen LogP) is 5.02. The average molecular weight is 297 g/mol. The topological polar surface area (TPSA) is 12.0 Å². The standard InChI is InChI=1S/C19H23NS/c1-3-18(15-10-8-14(2)9-11-15)20-19-13-21-12-16-6-4-5-7-17(16)19/h4-11,18-20H,3,12-13H2,1-2H3. The number of benzene rings is 2. The highest BCUT2D eigenvalue weighted by Crippen LogP contribution is 2.33. The van der Waals surface area contributed by atoms with Crippen LogP contribution in [0.25, 0.3) is 0 Å². The van der Waals surface area contributed by atoms with Crippen molar-refractivity contribution >= 4 is 11.8 Å². The zero-order chi connectivity index (χ0) is 14.7. The second kappa shape index (κ2) is 6.67. The Bertz CT molecular complexity index is 591. The van der Waals surface area contributed by atoms with Crippen molar-refractivity contribution in [2.24, 2.45) is 0 Å². The van der Waals surface area contributed by atoms with Gasteiger partial charge in [0.2, 0.25) is 0 Å². The van der Waals surface area contributed by atoms with Gasteiger partial charge in [0.15, 0.2) is 0 Å². The van der Waals surface area contributed by atoms with Crippen LogP contribution < -0.4 is 5.32 Å². The molecule has 0 aromatic heterocycles. The van der Waals surface area contributed by atoms with E-state index in [1.54, 1.807) is 0 Å². The molecule has 1 N–H and O–H groups in total. The Kier molecular flexibility index (Phi) is 4.67. The molecule has 1 heterocycles. The van der Waals surface area contributed by atoms with E-state index in [4.69, 9.17) is 0 Å². The highest BCUT2D eigenvalue weighted by atomic mass is 32.2. The summed E-state index contributed by atoms with van der Waals surface area (Å²) in [6, 6.07) is 18.7. The summed E-state index contributed by atoms with van der Waals surface area (Å²) in [5, 5.41) is 3.88. The molecule has 0 saturated heterocycles. The SMILES string of the molecule is CCC(NC1CSCc2ccccc21)c1ccc(C)cc1. The molecular weight excluding hydrogens is 274 g/mol. The molecule has 21 heavy (non-hydrogen) atoms. The minimum atomic E-state index is 0.433. The lowest BCUT2D eigenvalue weighted by Crippen LogP contribution is -2.30. The molecule has 3 rings (SSSR count). The molecule has 0 spiro atoms. The summed E-state index contributed by atoms with van der Waals surface area (Å²) in [6.07, 6.45) is 1.12. The Hall–Kier alpha value is -1.25. The molecule has 2 unspecified atom stereocenters.